The van der Waals surface area contributed by atoms with Crippen molar-refractivity contribution in [2.45, 2.75) is 71.8 Å². The number of nitrogens with one attached hydrogen (secondary N) is 2. The number of carbonyl (C=O) groups excluding carboxylic acids is 2. The Morgan fingerprint density at radius 3 is 2.58 bits per heavy atom. The first kappa shape index (κ1) is 22.7. The maximum atomic E-state index is 12.6. The van der Waals surface area contributed by atoms with Gasteiger partial charge in [-0.1, -0.05) is 39.0 Å². The lowest BCUT2D eigenvalue weighted by molar-refractivity contribution is -0.158. The van der Waals surface area contributed by atoms with Crippen LogP contribution >= 0.6 is 0 Å². The Balaban J connectivity index is 1.28. The number of likely N-dealkylation sites (tertiary alicyclic amines) is 1. The third kappa shape index (κ3) is 3.66. The van der Waals surface area contributed by atoms with Gasteiger partial charge in [0.05, 0.1) is 0 Å². The largest absolute Gasteiger partial charge is 0.342 e. The summed E-state index contributed by atoms with van der Waals surface area (Å²) < 4.78 is 0. The van der Waals surface area contributed by atoms with Crippen molar-refractivity contribution in [2.75, 3.05) is 18.9 Å². The lowest BCUT2D eigenvalue weighted by Gasteiger charge is -2.61. The number of amides is 3. The first-order valence-electron chi connectivity index (χ1n) is 13.1. The lowest BCUT2D eigenvalue weighted by Crippen LogP contribution is -2.61. The van der Waals surface area contributed by atoms with E-state index in [4.69, 9.17) is 0 Å². The summed E-state index contributed by atoms with van der Waals surface area (Å²) in [4.78, 5) is 27.1. The predicted molar refractivity (Wildman–Crippen MR) is 132 cm³/mol. The van der Waals surface area contributed by atoms with Crippen LogP contribution in [-0.4, -0.2) is 36.5 Å². The zero-order valence-corrected chi connectivity index (χ0v) is 20.8. The lowest BCUT2D eigenvalue weighted by atomic mass is 9.47. The van der Waals surface area contributed by atoms with Crippen molar-refractivity contribution in [3.05, 3.63) is 30.3 Å². The Bertz CT molecular complexity index is 904. The third-order valence-electron chi connectivity index (χ3n) is 10.7. The van der Waals surface area contributed by atoms with Gasteiger partial charge in [0.15, 0.2) is 0 Å². The average Bonchev–Trinajstić information content (AvgIpc) is 3.05. The molecule has 4 fully saturated rings. The maximum Gasteiger partial charge on any atom is 0.319 e. The van der Waals surface area contributed by atoms with Gasteiger partial charge < -0.3 is 15.5 Å². The van der Waals surface area contributed by atoms with Gasteiger partial charge in [0.1, 0.15) is 0 Å². The molecule has 3 saturated carbocycles. The van der Waals surface area contributed by atoms with Gasteiger partial charge in [-0.2, -0.15) is 0 Å². The molecular formula is C28H41N3O2. The van der Waals surface area contributed by atoms with Gasteiger partial charge in [0.2, 0.25) is 5.91 Å². The molecule has 0 bridgehead atoms. The second-order valence-corrected chi connectivity index (χ2v) is 12.0. The number of piperidine rings is 1. The molecule has 0 radical (unpaired) electrons. The van der Waals surface area contributed by atoms with E-state index < -0.39 is 0 Å². The van der Waals surface area contributed by atoms with E-state index in [1.54, 1.807) is 0 Å². The van der Waals surface area contributed by atoms with Crippen molar-refractivity contribution in [1.82, 2.24) is 10.2 Å². The summed E-state index contributed by atoms with van der Waals surface area (Å²) in [5.41, 5.74) is 1.39. The highest BCUT2D eigenvalue weighted by atomic mass is 16.2. The highest BCUT2D eigenvalue weighted by molar-refractivity contribution is 5.89. The van der Waals surface area contributed by atoms with Crippen LogP contribution in [0.3, 0.4) is 0 Å². The number of benzene rings is 1. The van der Waals surface area contributed by atoms with Crippen LogP contribution in [0.1, 0.15) is 65.7 Å². The van der Waals surface area contributed by atoms with Crippen molar-refractivity contribution in [1.29, 1.82) is 0 Å². The molecule has 1 aromatic carbocycles. The van der Waals surface area contributed by atoms with Crippen LogP contribution < -0.4 is 10.6 Å². The van der Waals surface area contributed by atoms with Crippen LogP contribution in [0.25, 0.3) is 0 Å². The number of para-hydroxylation sites is 1. The normalized spacial score (nSPS) is 42.2. The highest BCUT2D eigenvalue weighted by Crippen LogP contribution is 2.67. The number of fused-ring (bicyclic) bond motifs is 5. The molecule has 3 unspecified atom stereocenters. The molecule has 8 atom stereocenters. The Hall–Kier alpha value is -2.04. The standard InChI is InChI=1S/C28H41N3O2/c1-18-16-22-20-10-11-24-28(3,15-13-25(32)31(24)4)21(20)12-14-27(22,2)23(18)17-29-26(33)30-19-8-6-5-7-9-19/h5-9,18,20-24H,10-17H2,1-4H3,(H2,29,30,33)/t18?,20-,21-,22+,23?,24?,27+,28-/m1/s1. The van der Waals surface area contributed by atoms with Crippen molar-refractivity contribution in [2.24, 2.45) is 40.4 Å². The molecular weight excluding hydrogens is 410 g/mol. The minimum absolute atomic E-state index is 0.0999. The van der Waals surface area contributed by atoms with E-state index in [2.05, 4.69) is 36.3 Å². The maximum absolute atomic E-state index is 12.6. The number of nitrogens with zero attached hydrogens (tertiary/aromatic N) is 1. The first-order valence-corrected chi connectivity index (χ1v) is 13.1. The van der Waals surface area contributed by atoms with Gasteiger partial charge >= 0.3 is 6.03 Å². The predicted octanol–water partition coefficient (Wildman–Crippen LogP) is 5.53. The topological polar surface area (TPSA) is 61.4 Å². The molecule has 2 N–H and O–H groups in total. The first-order chi connectivity index (χ1) is 15.7. The number of anilines is 1. The quantitative estimate of drug-likeness (QED) is 0.634. The summed E-state index contributed by atoms with van der Waals surface area (Å²) in [6.45, 7) is 8.16. The second kappa shape index (κ2) is 8.32. The van der Waals surface area contributed by atoms with Crippen molar-refractivity contribution in [3.8, 4) is 0 Å². The summed E-state index contributed by atoms with van der Waals surface area (Å²) in [5, 5.41) is 6.18. The van der Waals surface area contributed by atoms with E-state index in [1.165, 1.54) is 25.7 Å². The van der Waals surface area contributed by atoms with Gasteiger partial charge in [0.25, 0.3) is 0 Å². The molecule has 1 aliphatic heterocycles. The summed E-state index contributed by atoms with van der Waals surface area (Å²) in [7, 11) is 2.04. The molecule has 0 spiro atoms. The van der Waals surface area contributed by atoms with E-state index >= 15 is 0 Å². The molecule has 1 heterocycles. The number of hydrogen-bond donors (Lipinski definition) is 2. The number of hydrogen-bond acceptors (Lipinski definition) is 2. The highest BCUT2D eigenvalue weighted by Gasteiger charge is 2.62. The smallest absolute Gasteiger partial charge is 0.319 e. The molecule has 33 heavy (non-hydrogen) atoms. The minimum atomic E-state index is -0.0999. The Labute approximate surface area is 199 Å². The molecule has 1 aromatic rings. The van der Waals surface area contributed by atoms with Gasteiger partial charge in [-0.25, -0.2) is 4.79 Å². The molecule has 3 amide bonds. The fourth-order valence-corrected chi connectivity index (χ4v) is 8.95. The van der Waals surface area contributed by atoms with Crippen LogP contribution in [0, 0.1) is 40.4 Å². The van der Waals surface area contributed by atoms with E-state index in [0.717, 1.165) is 42.8 Å². The number of rotatable bonds is 3. The molecule has 5 nitrogen and oxygen atoms in total. The molecule has 3 aliphatic carbocycles. The van der Waals surface area contributed by atoms with Crippen LogP contribution in [-0.2, 0) is 4.79 Å². The van der Waals surface area contributed by atoms with E-state index in [-0.39, 0.29) is 11.4 Å². The molecule has 1 saturated heterocycles. The fraction of sp³-hybridized carbons (Fsp3) is 0.714. The van der Waals surface area contributed by atoms with Gasteiger partial charge in [-0.3, -0.25) is 4.79 Å². The van der Waals surface area contributed by atoms with Crippen molar-refractivity contribution >= 4 is 17.6 Å². The molecule has 5 heteroatoms. The zero-order chi connectivity index (χ0) is 23.4. The Morgan fingerprint density at radius 2 is 1.82 bits per heavy atom. The zero-order valence-electron chi connectivity index (χ0n) is 20.8. The van der Waals surface area contributed by atoms with Crippen molar-refractivity contribution < 1.29 is 9.59 Å². The van der Waals surface area contributed by atoms with E-state index in [0.29, 0.717) is 35.6 Å². The Morgan fingerprint density at radius 1 is 1.06 bits per heavy atom. The Kier molecular flexibility index (Phi) is 5.73. The summed E-state index contributed by atoms with van der Waals surface area (Å²) in [6.07, 6.45) is 7.98. The van der Waals surface area contributed by atoms with Gasteiger partial charge in [-0.15, -0.1) is 0 Å². The summed E-state index contributed by atoms with van der Waals surface area (Å²) in [5.74, 6) is 3.70. The third-order valence-corrected chi connectivity index (χ3v) is 10.7. The van der Waals surface area contributed by atoms with Crippen LogP contribution in [0.2, 0.25) is 0 Å². The van der Waals surface area contributed by atoms with Crippen molar-refractivity contribution in [3.63, 3.8) is 0 Å². The molecule has 5 rings (SSSR count). The van der Waals surface area contributed by atoms with Crippen LogP contribution in [0.5, 0.6) is 0 Å². The molecule has 180 valence electrons. The fourth-order valence-electron chi connectivity index (χ4n) is 8.95. The van der Waals surface area contributed by atoms with Crippen LogP contribution in [0.4, 0.5) is 10.5 Å². The second-order valence-electron chi connectivity index (χ2n) is 12.0. The minimum Gasteiger partial charge on any atom is -0.342 e. The summed E-state index contributed by atoms with van der Waals surface area (Å²) >= 11 is 0. The average molecular weight is 452 g/mol. The SMILES string of the molecule is CC1C[C@H]2[C@@H]3CCC4N(C)C(=O)CC[C@]4(C)[C@@H]3CC[C@]2(C)C1CNC(=O)Nc1ccccc1. The summed E-state index contributed by atoms with van der Waals surface area (Å²) in [6, 6.07) is 9.99. The van der Waals surface area contributed by atoms with E-state index in [9.17, 15) is 9.59 Å². The van der Waals surface area contributed by atoms with Gasteiger partial charge in [0, 0.05) is 31.7 Å². The van der Waals surface area contributed by atoms with E-state index in [1.807, 2.05) is 37.4 Å². The van der Waals surface area contributed by atoms with Gasteiger partial charge in [-0.05, 0) is 91.1 Å². The monoisotopic (exact) mass is 451 g/mol. The molecule has 4 aliphatic rings. The molecule has 0 aromatic heterocycles. The van der Waals surface area contributed by atoms with Crippen LogP contribution in [0.15, 0.2) is 30.3 Å². The number of carbonyl (C=O) groups is 2. The number of urea groups is 1.